The molecule has 6 nitrogen and oxygen atoms in total. The molecule has 0 amide bonds. The van der Waals surface area contributed by atoms with Crippen molar-refractivity contribution in [1.29, 1.82) is 0 Å². The zero-order valence-electron chi connectivity index (χ0n) is 17.2. The standard InChI is InChI=1S/C21H23FN4O2S2/c1-12-24-18(28-26-12)14-8-6-7-13(9-14)16-10-15(22)17(29-16)21(4)11-30(5,27)20(2,3)19(23)25-21/h6-10H,5,11H2,1-4H3,(H2,23,25)/t21-,30?/m0/s1. The van der Waals surface area contributed by atoms with E-state index in [1.165, 1.54) is 17.4 Å². The van der Waals surface area contributed by atoms with Gasteiger partial charge in [-0.2, -0.15) is 4.98 Å². The number of aryl methyl sites for hydroxylation is 1. The fourth-order valence-electron chi connectivity index (χ4n) is 3.47. The Hall–Kier alpha value is -2.52. The molecular formula is C21H23FN4O2S2. The van der Waals surface area contributed by atoms with E-state index in [2.05, 4.69) is 21.0 Å². The molecule has 0 aliphatic carbocycles. The minimum Gasteiger partial charge on any atom is -0.386 e. The maximum Gasteiger partial charge on any atom is 0.257 e. The molecule has 0 bridgehead atoms. The van der Waals surface area contributed by atoms with Crippen LogP contribution in [0.1, 0.15) is 31.5 Å². The Bertz CT molecular complexity index is 1270. The molecule has 1 aromatic carbocycles. The molecule has 1 aliphatic rings. The van der Waals surface area contributed by atoms with Gasteiger partial charge < -0.3 is 10.3 Å². The monoisotopic (exact) mass is 446 g/mol. The van der Waals surface area contributed by atoms with Crippen molar-refractivity contribution in [3.05, 3.63) is 46.9 Å². The normalized spacial score (nSPS) is 25.8. The quantitative estimate of drug-likeness (QED) is 0.614. The van der Waals surface area contributed by atoms with Gasteiger partial charge in [-0.1, -0.05) is 17.3 Å². The summed E-state index contributed by atoms with van der Waals surface area (Å²) in [5, 5.41) is 3.81. The second-order valence-corrected chi connectivity index (χ2v) is 12.2. The van der Waals surface area contributed by atoms with Crippen LogP contribution < -0.4 is 5.73 Å². The van der Waals surface area contributed by atoms with Crippen molar-refractivity contribution in [3.8, 4) is 21.9 Å². The van der Waals surface area contributed by atoms with Crippen molar-refractivity contribution in [2.75, 3.05) is 5.75 Å². The highest BCUT2D eigenvalue weighted by Gasteiger charge is 2.46. The lowest BCUT2D eigenvalue weighted by Gasteiger charge is -2.40. The third kappa shape index (κ3) is 3.26. The van der Waals surface area contributed by atoms with E-state index in [1.54, 1.807) is 27.7 Å². The summed E-state index contributed by atoms with van der Waals surface area (Å²) >= 11 is 1.27. The number of amidine groups is 1. The minimum absolute atomic E-state index is 0.131. The highest BCUT2D eigenvalue weighted by molar-refractivity contribution is 8.02. The highest BCUT2D eigenvalue weighted by atomic mass is 32.2. The summed E-state index contributed by atoms with van der Waals surface area (Å²) in [6, 6.07) is 8.94. The average Bonchev–Trinajstić information content (AvgIpc) is 3.26. The molecule has 2 aromatic heterocycles. The van der Waals surface area contributed by atoms with Gasteiger partial charge in [0.2, 0.25) is 0 Å². The highest BCUT2D eigenvalue weighted by Crippen LogP contribution is 2.43. The second-order valence-electron chi connectivity index (χ2n) is 8.25. The van der Waals surface area contributed by atoms with Crippen molar-refractivity contribution < 1.29 is 13.1 Å². The third-order valence-electron chi connectivity index (χ3n) is 5.53. The lowest BCUT2D eigenvalue weighted by atomic mass is 10.0. The van der Waals surface area contributed by atoms with Crippen LogP contribution in [0.25, 0.3) is 21.9 Å². The molecule has 0 radical (unpaired) electrons. The lowest BCUT2D eigenvalue weighted by molar-refractivity contribution is 0.425. The molecule has 158 valence electrons. The van der Waals surface area contributed by atoms with Crippen LogP contribution in [0.2, 0.25) is 0 Å². The molecule has 9 heteroatoms. The van der Waals surface area contributed by atoms with Crippen molar-refractivity contribution >= 4 is 32.6 Å². The fourth-order valence-corrected chi connectivity index (χ4v) is 6.59. The zero-order valence-corrected chi connectivity index (χ0v) is 18.9. The molecule has 2 atom stereocenters. The van der Waals surface area contributed by atoms with Gasteiger partial charge in [0.05, 0.1) is 9.62 Å². The minimum atomic E-state index is -2.62. The molecule has 3 aromatic rings. The van der Waals surface area contributed by atoms with Gasteiger partial charge >= 0.3 is 0 Å². The van der Waals surface area contributed by atoms with Gasteiger partial charge in [0.1, 0.15) is 17.2 Å². The van der Waals surface area contributed by atoms with Crippen LogP contribution in [0, 0.1) is 12.7 Å². The van der Waals surface area contributed by atoms with E-state index in [9.17, 15) is 4.21 Å². The molecule has 4 rings (SSSR count). The number of hydrogen-bond donors (Lipinski definition) is 1. The van der Waals surface area contributed by atoms with E-state index in [-0.39, 0.29) is 11.6 Å². The van der Waals surface area contributed by atoms with Crippen LogP contribution in [0.3, 0.4) is 0 Å². The van der Waals surface area contributed by atoms with E-state index in [1.807, 2.05) is 24.3 Å². The van der Waals surface area contributed by atoms with E-state index in [4.69, 9.17) is 10.3 Å². The topological polar surface area (TPSA) is 94.4 Å². The Morgan fingerprint density at radius 2 is 1.97 bits per heavy atom. The third-order valence-corrected chi connectivity index (χ3v) is 10.0. The maximum absolute atomic E-state index is 15.1. The first-order valence-corrected chi connectivity index (χ1v) is 12.1. The first-order valence-electron chi connectivity index (χ1n) is 9.34. The van der Waals surface area contributed by atoms with Gasteiger partial charge in [0.15, 0.2) is 5.82 Å². The molecular weight excluding hydrogens is 423 g/mol. The Morgan fingerprint density at radius 3 is 2.60 bits per heavy atom. The van der Waals surface area contributed by atoms with Crippen LogP contribution in [-0.4, -0.2) is 36.6 Å². The molecule has 0 fully saturated rings. The summed E-state index contributed by atoms with van der Waals surface area (Å²) in [7, 11) is -2.62. The summed E-state index contributed by atoms with van der Waals surface area (Å²) in [6.07, 6.45) is 0. The molecule has 0 saturated carbocycles. The smallest absolute Gasteiger partial charge is 0.257 e. The molecule has 0 spiro atoms. The first kappa shape index (κ1) is 20.7. The van der Waals surface area contributed by atoms with Crippen LogP contribution in [0.5, 0.6) is 0 Å². The Balaban J connectivity index is 1.77. The number of nitrogens with two attached hydrogens (primary N) is 1. The van der Waals surface area contributed by atoms with E-state index in [0.717, 1.165) is 16.0 Å². The number of nitrogens with zero attached hydrogens (tertiary/aromatic N) is 3. The van der Waals surface area contributed by atoms with Crippen LogP contribution >= 0.6 is 11.3 Å². The number of benzene rings is 1. The number of halogens is 1. The number of hydrogen-bond acceptors (Lipinski definition) is 7. The average molecular weight is 447 g/mol. The second kappa shape index (κ2) is 6.75. The molecule has 0 saturated heterocycles. The van der Waals surface area contributed by atoms with Crippen molar-refractivity contribution in [2.24, 2.45) is 10.7 Å². The lowest BCUT2D eigenvalue weighted by Crippen LogP contribution is -2.54. The number of thiophene rings is 1. The van der Waals surface area contributed by atoms with Crippen LogP contribution in [-0.2, 0) is 15.1 Å². The van der Waals surface area contributed by atoms with E-state index in [0.29, 0.717) is 16.6 Å². The van der Waals surface area contributed by atoms with Crippen molar-refractivity contribution in [1.82, 2.24) is 10.1 Å². The van der Waals surface area contributed by atoms with Gasteiger partial charge in [-0.15, -0.1) is 11.3 Å². The Morgan fingerprint density at radius 1 is 1.27 bits per heavy atom. The Labute approximate surface area is 179 Å². The predicted octanol–water partition coefficient (Wildman–Crippen LogP) is 3.99. The Kier molecular flexibility index (Phi) is 4.66. The summed E-state index contributed by atoms with van der Waals surface area (Å²) in [5.41, 5.74) is 6.67. The van der Waals surface area contributed by atoms with E-state index >= 15 is 4.39 Å². The van der Waals surface area contributed by atoms with Gasteiger partial charge in [0, 0.05) is 16.2 Å². The molecule has 30 heavy (non-hydrogen) atoms. The van der Waals surface area contributed by atoms with Crippen LogP contribution in [0.15, 0.2) is 39.8 Å². The van der Waals surface area contributed by atoms with Gasteiger partial charge in [-0.05, 0) is 66.8 Å². The predicted molar refractivity (Wildman–Crippen MR) is 121 cm³/mol. The molecule has 3 heterocycles. The maximum atomic E-state index is 15.1. The SMILES string of the molecule is C=S1(=O)C[C@@](C)(c2sc(-c3cccc(-c4nc(C)no4)c3)cc2F)N=C(N)C1(C)C. The molecule has 2 N–H and O–H groups in total. The zero-order chi connectivity index (χ0) is 21.9. The summed E-state index contributed by atoms with van der Waals surface area (Å²) in [6.45, 7) is 7.04. The van der Waals surface area contributed by atoms with Crippen molar-refractivity contribution in [3.63, 3.8) is 0 Å². The van der Waals surface area contributed by atoms with Gasteiger partial charge in [0.25, 0.3) is 5.89 Å². The summed E-state index contributed by atoms with van der Waals surface area (Å²) in [5.74, 6) is 4.83. The first-order chi connectivity index (χ1) is 13.9. The number of aliphatic imine (C=N–C) groups is 1. The van der Waals surface area contributed by atoms with Gasteiger partial charge in [-0.3, -0.25) is 9.20 Å². The number of rotatable bonds is 3. The molecule has 1 unspecified atom stereocenters. The molecule has 1 aliphatic heterocycles. The van der Waals surface area contributed by atoms with Gasteiger partial charge in [-0.25, -0.2) is 4.39 Å². The van der Waals surface area contributed by atoms with Crippen LogP contribution in [0.4, 0.5) is 4.39 Å². The number of aromatic nitrogens is 2. The summed E-state index contributed by atoms with van der Waals surface area (Å²) in [4.78, 5) is 9.94. The van der Waals surface area contributed by atoms with Crippen molar-refractivity contribution in [2.45, 2.75) is 38.0 Å². The van der Waals surface area contributed by atoms with E-state index < -0.39 is 25.6 Å². The largest absolute Gasteiger partial charge is 0.386 e. The fraction of sp³-hybridized carbons (Fsp3) is 0.333. The summed E-state index contributed by atoms with van der Waals surface area (Å²) < 4.78 is 32.7.